The van der Waals surface area contributed by atoms with E-state index in [1.54, 1.807) is 6.33 Å². The molecule has 3 heterocycles. The van der Waals surface area contributed by atoms with Crippen LogP contribution in [-0.4, -0.2) is 52.6 Å². The molecule has 2 aromatic rings. The highest BCUT2D eigenvalue weighted by Gasteiger charge is 2.30. The summed E-state index contributed by atoms with van der Waals surface area (Å²) in [5.74, 6) is 1.58. The van der Waals surface area contributed by atoms with E-state index >= 15 is 0 Å². The molecule has 0 spiro atoms. The minimum absolute atomic E-state index is 0.403. The van der Waals surface area contributed by atoms with Crippen molar-refractivity contribution in [2.24, 2.45) is 5.92 Å². The molecule has 2 aromatic heterocycles. The summed E-state index contributed by atoms with van der Waals surface area (Å²) in [6.45, 7) is 5.22. The Morgan fingerprint density at radius 1 is 1.50 bits per heavy atom. The van der Waals surface area contributed by atoms with Gasteiger partial charge in [0.05, 0.1) is 11.5 Å². The fourth-order valence-corrected chi connectivity index (χ4v) is 3.33. The van der Waals surface area contributed by atoms with Gasteiger partial charge in [-0.1, -0.05) is 6.92 Å². The first-order valence-electron chi connectivity index (χ1n) is 7.81. The maximum Gasteiger partial charge on any atom is 0.142 e. The second-order valence-corrected chi connectivity index (χ2v) is 6.09. The molecule has 0 radical (unpaired) electrons. The number of nitrogens with one attached hydrogen (secondary N) is 1. The maximum absolute atomic E-state index is 8.79. The summed E-state index contributed by atoms with van der Waals surface area (Å²) in [7, 11) is 2.11. The lowest BCUT2D eigenvalue weighted by Crippen LogP contribution is -2.51. The molecule has 6 heteroatoms. The first kappa shape index (κ1) is 14.8. The Bertz CT molecular complexity index is 673. The molecule has 1 N–H and O–H groups in total. The molecule has 0 aliphatic carbocycles. The predicted octanol–water partition coefficient (Wildman–Crippen LogP) is 2.02. The lowest BCUT2D eigenvalue weighted by Gasteiger charge is -2.42. The van der Waals surface area contributed by atoms with Crippen LogP contribution in [0, 0.1) is 17.2 Å². The summed E-state index contributed by atoms with van der Waals surface area (Å²) in [6.07, 6.45) is 5.27. The van der Waals surface area contributed by atoms with Gasteiger partial charge in [0.15, 0.2) is 0 Å². The number of aromatic amines is 1. The minimum Gasteiger partial charge on any atom is -0.354 e. The topological polar surface area (TPSA) is 71.8 Å². The first-order valence-corrected chi connectivity index (χ1v) is 7.81. The van der Waals surface area contributed by atoms with E-state index in [0.29, 0.717) is 18.4 Å². The van der Waals surface area contributed by atoms with Crippen molar-refractivity contribution in [3.63, 3.8) is 0 Å². The number of H-pyrrole nitrogens is 1. The van der Waals surface area contributed by atoms with Crippen molar-refractivity contribution in [1.82, 2.24) is 19.9 Å². The molecule has 0 amide bonds. The Labute approximate surface area is 130 Å². The summed E-state index contributed by atoms with van der Waals surface area (Å²) in [4.78, 5) is 16.6. The summed E-state index contributed by atoms with van der Waals surface area (Å²) >= 11 is 0. The average molecular weight is 298 g/mol. The molecule has 3 rings (SSSR count). The zero-order valence-corrected chi connectivity index (χ0v) is 13.2. The molecular weight excluding hydrogens is 276 g/mol. The largest absolute Gasteiger partial charge is 0.354 e. The van der Waals surface area contributed by atoms with Crippen LogP contribution in [0.2, 0.25) is 0 Å². The Balaban J connectivity index is 1.82. The number of fused-ring (bicyclic) bond motifs is 1. The van der Waals surface area contributed by atoms with Crippen molar-refractivity contribution in [3.8, 4) is 6.07 Å². The Morgan fingerprint density at radius 2 is 2.36 bits per heavy atom. The lowest BCUT2D eigenvalue weighted by atomic mass is 9.92. The molecule has 1 aliphatic heterocycles. The van der Waals surface area contributed by atoms with Crippen LogP contribution in [0.4, 0.5) is 5.82 Å². The first-order chi connectivity index (χ1) is 10.7. The highest BCUT2D eigenvalue weighted by Crippen LogP contribution is 2.28. The Kier molecular flexibility index (Phi) is 4.25. The van der Waals surface area contributed by atoms with E-state index in [-0.39, 0.29) is 0 Å². The van der Waals surface area contributed by atoms with Crippen LogP contribution in [0.25, 0.3) is 11.0 Å². The van der Waals surface area contributed by atoms with Crippen molar-refractivity contribution >= 4 is 16.9 Å². The van der Waals surface area contributed by atoms with Crippen LogP contribution >= 0.6 is 0 Å². The highest BCUT2D eigenvalue weighted by molar-refractivity contribution is 5.87. The van der Waals surface area contributed by atoms with Crippen molar-refractivity contribution in [2.75, 3.05) is 31.6 Å². The fraction of sp³-hybridized carbons (Fsp3) is 0.562. The number of rotatable bonds is 4. The van der Waals surface area contributed by atoms with E-state index in [9.17, 15) is 0 Å². The van der Waals surface area contributed by atoms with E-state index in [4.69, 9.17) is 5.26 Å². The van der Waals surface area contributed by atoms with Crippen molar-refractivity contribution in [1.29, 1.82) is 5.26 Å². The van der Waals surface area contributed by atoms with Gasteiger partial charge in [0.1, 0.15) is 17.8 Å². The van der Waals surface area contributed by atoms with Gasteiger partial charge in [0, 0.05) is 38.8 Å². The number of aromatic nitrogens is 3. The zero-order chi connectivity index (χ0) is 15.5. The van der Waals surface area contributed by atoms with Crippen LogP contribution < -0.4 is 4.90 Å². The minimum atomic E-state index is 0.403. The quantitative estimate of drug-likeness (QED) is 0.935. The second kappa shape index (κ2) is 6.32. The number of hydrogen-bond acceptors (Lipinski definition) is 5. The number of nitriles is 1. The van der Waals surface area contributed by atoms with Gasteiger partial charge in [-0.15, -0.1) is 0 Å². The van der Waals surface area contributed by atoms with E-state index in [2.05, 4.69) is 44.8 Å². The normalized spacial score (nSPS) is 22.6. The van der Waals surface area contributed by atoms with Crippen LogP contribution in [0.1, 0.15) is 19.8 Å². The molecule has 6 nitrogen and oxygen atoms in total. The molecule has 116 valence electrons. The second-order valence-electron chi connectivity index (χ2n) is 6.09. The zero-order valence-electron chi connectivity index (χ0n) is 13.2. The molecule has 0 bridgehead atoms. The van der Waals surface area contributed by atoms with E-state index < -0.39 is 0 Å². The summed E-state index contributed by atoms with van der Waals surface area (Å²) in [5, 5.41) is 9.85. The van der Waals surface area contributed by atoms with Crippen molar-refractivity contribution in [2.45, 2.75) is 25.8 Å². The SMILES string of the molecule is C[C@@H]1CCN(CCC#N)C[C@@H]1N(C)c1ncnc2[nH]ccc12. The molecule has 0 saturated carbocycles. The van der Waals surface area contributed by atoms with Gasteiger partial charge < -0.3 is 14.8 Å². The van der Waals surface area contributed by atoms with Gasteiger partial charge in [0.25, 0.3) is 0 Å². The summed E-state index contributed by atoms with van der Waals surface area (Å²) < 4.78 is 0. The number of hydrogen-bond donors (Lipinski definition) is 1. The van der Waals surface area contributed by atoms with Crippen molar-refractivity contribution < 1.29 is 0 Å². The van der Waals surface area contributed by atoms with Crippen LogP contribution in [-0.2, 0) is 0 Å². The Morgan fingerprint density at radius 3 is 3.18 bits per heavy atom. The number of piperidine rings is 1. The van der Waals surface area contributed by atoms with Crippen molar-refractivity contribution in [3.05, 3.63) is 18.6 Å². The van der Waals surface area contributed by atoms with Gasteiger partial charge in [-0.3, -0.25) is 0 Å². The van der Waals surface area contributed by atoms with Crippen LogP contribution in [0.15, 0.2) is 18.6 Å². The van der Waals surface area contributed by atoms with Crippen LogP contribution in [0.3, 0.4) is 0 Å². The number of likely N-dealkylation sites (N-methyl/N-ethyl adjacent to an activating group) is 1. The third-order valence-electron chi connectivity index (χ3n) is 4.71. The number of anilines is 1. The highest BCUT2D eigenvalue weighted by atomic mass is 15.3. The Hall–Kier alpha value is -2.13. The fourth-order valence-electron chi connectivity index (χ4n) is 3.33. The molecule has 22 heavy (non-hydrogen) atoms. The monoisotopic (exact) mass is 298 g/mol. The van der Waals surface area contributed by atoms with Gasteiger partial charge in [-0.2, -0.15) is 5.26 Å². The number of likely N-dealkylation sites (tertiary alicyclic amines) is 1. The van der Waals surface area contributed by atoms with Crippen LogP contribution in [0.5, 0.6) is 0 Å². The molecule has 1 aliphatic rings. The molecule has 1 saturated heterocycles. The smallest absolute Gasteiger partial charge is 0.142 e. The predicted molar refractivity (Wildman–Crippen MR) is 86.5 cm³/mol. The molecule has 1 fully saturated rings. The van der Waals surface area contributed by atoms with Gasteiger partial charge in [-0.25, -0.2) is 9.97 Å². The summed E-state index contributed by atoms with van der Waals surface area (Å²) in [5.41, 5.74) is 0.877. The van der Waals surface area contributed by atoms with E-state index in [0.717, 1.165) is 42.9 Å². The molecule has 2 atom stereocenters. The molecule has 0 unspecified atom stereocenters. The standard InChI is InChI=1S/C16H22N6/c1-12-5-9-22(8-3-6-17)10-14(12)21(2)16-13-4-7-18-15(13)19-11-20-16/h4,7,11-12,14H,3,5,8-10H2,1-2H3,(H,18,19,20)/t12-,14+/m1/s1. The average Bonchev–Trinajstić information content (AvgIpc) is 3.02. The van der Waals surface area contributed by atoms with E-state index in [1.165, 1.54) is 0 Å². The maximum atomic E-state index is 8.79. The third kappa shape index (κ3) is 2.77. The van der Waals surface area contributed by atoms with Gasteiger partial charge in [-0.05, 0) is 24.9 Å². The summed E-state index contributed by atoms with van der Waals surface area (Å²) in [6, 6.07) is 4.68. The lowest BCUT2D eigenvalue weighted by molar-refractivity contribution is 0.169. The number of nitrogens with zero attached hydrogens (tertiary/aromatic N) is 5. The van der Waals surface area contributed by atoms with E-state index in [1.807, 2.05) is 12.3 Å². The van der Waals surface area contributed by atoms with Gasteiger partial charge in [0.2, 0.25) is 0 Å². The third-order valence-corrected chi connectivity index (χ3v) is 4.71. The molecular formula is C16H22N6. The molecule has 0 aromatic carbocycles. The van der Waals surface area contributed by atoms with Gasteiger partial charge >= 0.3 is 0 Å².